The van der Waals surface area contributed by atoms with Crippen LogP contribution < -0.4 is 0 Å². The van der Waals surface area contributed by atoms with Crippen LogP contribution in [-0.4, -0.2) is 10.8 Å². The van der Waals surface area contributed by atoms with E-state index < -0.39 is 0 Å². The van der Waals surface area contributed by atoms with Gasteiger partial charge in [-0.1, -0.05) is 25.1 Å². The van der Waals surface area contributed by atoms with Crippen LogP contribution >= 0.6 is 0 Å². The zero-order valence-corrected chi connectivity index (χ0v) is 9.89. The molecule has 1 atom stereocenters. The molecule has 0 bridgehead atoms. The number of nitrogens with zero attached hydrogens (tertiary/aromatic N) is 1. The van der Waals surface area contributed by atoms with Crippen LogP contribution in [0.15, 0.2) is 36.5 Å². The van der Waals surface area contributed by atoms with Gasteiger partial charge in [-0.2, -0.15) is 0 Å². The standard InChI is InChI=1S/C15H15NO/c1-10(11-7-8-11)15(17)13-4-2-6-14-12(13)5-3-9-16-14/h2-6,9-11H,7-8H2,1H3. The van der Waals surface area contributed by atoms with Gasteiger partial charge in [-0.25, -0.2) is 0 Å². The summed E-state index contributed by atoms with van der Waals surface area (Å²) >= 11 is 0. The zero-order valence-electron chi connectivity index (χ0n) is 9.89. The lowest BCUT2D eigenvalue weighted by molar-refractivity contribution is 0.0918. The van der Waals surface area contributed by atoms with Crippen molar-refractivity contribution in [3.05, 3.63) is 42.1 Å². The zero-order chi connectivity index (χ0) is 11.8. The van der Waals surface area contributed by atoms with Crippen LogP contribution in [0, 0.1) is 11.8 Å². The number of ketones is 1. The largest absolute Gasteiger partial charge is 0.294 e. The maximum Gasteiger partial charge on any atom is 0.166 e. The van der Waals surface area contributed by atoms with E-state index >= 15 is 0 Å². The molecular weight excluding hydrogens is 210 g/mol. The molecule has 1 aromatic carbocycles. The number of hydrogen-bond acceptors (Lipinski definition) is 2. The van der Waals surface area contributed by atoms with Gasteiger partial charge in [0.15, 0.2) is 5.78 Å². The molecule has 0 amide bonds. The minimum absolute atomic E-state index is 0.154. The molecule has 1 aromatic heterocycles. The molecule has 0 spiro atoms. The summed E-state index contributed by atoms with van der Waals surface area (Å²) in [4.78, 5) is 16.7. The highest BCUT2D eigenvalue weighted by Crippen LogP contribution is 2.38. The Morgan fingerprint density at radius 3 is 2.88 bits per heavy atom. The summed E-state index contributed by atoms with van der Waals surface area (Å²) in [7, 11) is 0. The van der Waals surface area contributed by atoms with Gasteiger partial charge in [0.05, 0.1) is 5.52 Å². The van der Waals surface area contributed by atoms with Crippen molar-refractivity contribution in [1.29, 1.82) is 0 Å². The third kappa shape index (κ3) is 1.84. The van der Waals surface area contributed by atoms with E-state index in [1.807, 2.05) is 30.3 Å². The normalized spacial score (nSPS) is 17.0. The van der Waals surface area contributed by atoms with Crippen LogP contribution in [0.4, 0.5) is 0 Å². The molecule has 1 heterocycles. The quantitative estimate of drug-likeness (QED) is 0.749. The van der Waals surface area contributed by atoms with Crippen molar-refractivity contribution >= 4 is 16.7 Å². The highest BCUT2D eigenvalue weighted by Gasteiger charge is 2.33. The topological polar surface area (TPSA) is 30.0 Å². The van der Waals surface area contributed by atoms with Crippen LogP contribution in [0.25, 0.3) is 10.9 Å². The van der Waals surface area contributed by atoms with Crippen molar-refractivity contribution in [1.82, 2.24) is 4.98 Å². The molecule has 1 aliphatic rings. The Morgan fingerprint density at radius 2 is 2.12 bits per heavy atom. The lowest BCUT2D eigenvalue weighted by Crippen LogP contribution is -2.13. The van der Waals surface area contributed by atoms with Crippen LogP contribution in [-0.2, 0) is 0 Å². The number of carbonyl (C=O) groups excluding carboxylic acids is 1. The third-order valence-corrected chi connectivity index (χ3v) is 3.65. The summed E-state index contributed by atoms with van der Waals surface area (Å²) in [5.74, 6) is 1.03. The van der Waals surface area contributed by atoms with Crippen LogP contribution in [0.3, 0.4) is 0 Å². The first-order valence-corrected chi connectivity index (χ1v) is 6.15. The number of Topliss-reactive ketones (excluding diaryl/α,β-unsaturated/α-hetero) is 1. The van der Waals surface area contributed by atoms with Crippen molar-refractivity contribution in [2.24, 2.45) is 11.8 Å². The number of carbonyl (C=O) groups is 1. The monoisotopic (exact) mass is 225 g/mol. The van der Waals surface area contributed by atoms with E-state index in [0.29, 0.717) is 5.92 Å². The van der Waals surface area contributed by atoms with Gasteiger partial charge >= 0.3 is 0 Å². The van der Waals surface area contributed by atoms with Crippen LogP contribution in [0.1, 0.15) is 30.1 Å². The molecule has 0 aliphatic heterocycles. The SMILES string of the molecule is CC(C(=O)c1cccc2ncccc12)C1CC1. The molecule has 0 N–H and O–H groups in total. The van der Waals surface area contributed by atoms with Crippen LogP contribution in [0.5, 0.6) is 0 Å². The Bertz CT molecular complexity index is 567. The number of pyridine rings is 1. The Labute approximate surface area is 101 Å². The van der Waals surface area contributed by atoms with Crippen molar-refractivity contribution in [2.45, 2.75) is 19.8 Å². The maximum atomic E-state index is 12.4. The van der Waals surface area contributed by atoms with Gasteiger partial charge in [-0.05, 0) is 30.9 Å². The maximum absolute atomic E-state index is 12.4. The van der Waals surface area contributed by atoms with Gasteiger partial charge in [-0.3, -0.25) is 9.78 Å². The van der Waals surface area contributed by atoms with Gasteiger partial charge < -0.3 is 0 Å². The van der Waals surface area contributed by atoms with E-state index in [1.54, 1.807) is 6.20 Å². The summed E-state index contributed by atoms with van der Waals surface area (Å²) in [6, 6.07) is 9.66. The molecule has 1 fully saturated rings. The van der Waals surface area contributed by atoms with Gasteiger partial charge in [-0.15, -0.1) is 0 Å². The van der Waals surface area contributed by atoms with E-state index in [4.69, 9.17) is 0 Å². The van der Waals surface area contributed by atoms with Gasteiger partial charge in [0.1, 0.15) is 0 Å². The average molecular weight is 225 g/mol. The minimum Gasteiger partial charge on any atom is -0.294 e. The second-order valence-electron chi connectivity index (χ2n) is 4.87. The van der Waals surface area contributed by atoms with Crippen LogP contribution in [0.2, 0.25) is 0 Å². The first-order valence-electron chi connectivity index (χ1n) is 6.15. The van der Waals surface area contributed by atoms with Gasteiger partial charge in [0.25, 0.3) is 0 Å². The molecule has 3 rings (SSSR count). The Hall–Kier alpha value is -1.70. The number of fused-ring (bicyclic) bond motifs is 1. The molecule has 86 valence electrons. The van der Waals surface area contributed by atoms with Crippen molar-refractivity contribution in [2.75, 3.05) is 0 Å². The number of rotatable bonds is 3. The van der Waals surface area contributed by atoms with E-state index in [2.05, 4.69) is 11.9 Å². The fraction of sp³-hybridized carbons (Fsp3) is 0.333. The van der Waals surface area contributed by atoms with E-state index in [1.165, 1.54) is 12.8 Å². The molecule has 17 heavy (non-hydrogen) atoms. The molecule has 1 aliphatic carbocycles. The lowest BCUT2D eigenvalue weighted by Gasteiger charge is -2.10. The summed E-state index contributed by atoms with van der Waals surface area (Å²) in [6.45, 7) is 2.05. The Kier molecular flexibility index (Phi) is 2.43. The van der Waals surface area contributed by atoms with E-state index in [-0.39, 0.29) is 11.7 Å². The first kappa shape index (κ1) is 10.5. The molecule has 2 heteroatoms. The smallest absolute Gasteiger partial charge is 0.166 e. The number of aromatic nitrogens is 1. The fourth-order valence-electron chi connectivity index (χ4n) is 2.37. The number of benzene rings is 1. The highest BCUT2D eigenvalue weighted by molar-refractivity contribution is 6.08. The third-order valence-electron chi connectivity index (χ3n) is 3.65. The molecule has 1 unspecified atom stereocenters. The molecule has 0 saturated heterocycles. The molecule has 1 saturated carbocycles. The second kappa shape index (κ2) is 3.95. The predicted octanol–water partition coefficient (Wildman–Crippen LogP) is 3.46. The summed E-state index contributed by atoms with van der Waals surface area (Å²) in [5, 5.41) is 0.979. The van der Waals surface area contributed by atoms with Crippen molar-refractivity contribution in [3.63, 3.8) is 0 Å². The molecular formula is C15H15NO. The van der Waals surface area contributed by atoms with Crippen molar-refractivity contribution in [3.8, 4) is 0 Å². The summed E-state index contributed by atoms with van der Waals surface area (Å²) < 4.78 is 0. The average Bonchev–Trinajstić information content (AvgIpc) is 3.20. The van der Waals surface area contributed by atoms with Gasteiger partial charge in [0, 0.05) is 23.1 Å². The number of hydrogen-bond donors (Lipinski definition) is 0. The van der Waals surface area contributed by atoms with E-state index in [9.17, 15) is 4.79 Å². The lowest BCUT2D eigenvalue weighted by atomic mass is 9.93. The Balaban J connectivity index is 2.07. The summed E-state index contributed by atoms with van der Waals surface area (Å²) in [5.41, 5.74) is 1.73. The Morgan fingerprint density at radius 1 is 1.29 bits per heavy atom. The predicted molar refractivity (Wildman–Crippen MR) is 68.0 cm³/mol. The second-order valence-corrected chi connectivity index (χ2v) is 4.87. The van der Waals surface area contributed by atoms with Crippen molar-refractivity contribution < 1.29 is 4.79 Å². The molecule has 2 aromatic rings. The minimum atomic E-state index is 0.154. The fourth-order valence-corrected chi connectivity index (χ4v) is 2.37. The van der Waals surface area contributed by atoms with Gasteiger partial charge in [0.2, 0.25) is 0 Å². The summed E-state index contributed by atoms with van der Waals surface area (Å²) in [6.07, 6.45) is 4.17. The highest BCUT2D eigenvalue weighted by atomic mass is 16.1. The molecule has 2 nitrogen and oxygen atoms in total. The first-order chi connectivity index (χ1) is 8.27. The molecule has 0 radical (unpaired) electrons. The van der Waals surface area contributed by atoms with E-state index in [0.717, 1.165) is 16.5 Å².